The molecule has 0 aliphatic carbocycles. The quantitative estimate of drug-likeness (QED) is 0.342. The molecule has 1 atom stereocenters. The van der Waals surface area contributed by atoms with Crippen molar-refractivity contribution in [3.63, 3.8) is 0 Å². The van der Waals surface area contributed by atoms with Gasteiger partial charge in [0.05, 0.1) is 17.2 Å². The SMILES string of the molecule is C[C@@H](Nc1ccc(Cl)cc1C(=O)O)c1cc(C(F)(F)F)cn2c(=O)cc(N3Cc4ccccc4C3)nc12. The first-order valence-corrected chi connectivity index (χ1v) is 11.6. The molecular weight excluding hydrogens is 509 g/mol. The lowest BCUT2D eigenvalue weighted by Crippen LogP contribution is -2.24. The summed E-state index contributed by atoms with van der Waals surface area (Å²) in [7, 11) is 0. The molecule has 37 heavy (non-hydrogen) atoms. The van der Waals surface area contributed by atoms with Crippen molar-refractivity contribution in [2.24, 2.45) is 0 Å². The number of alkyl halides is 3. The summed E-state index contributed by atoms with van der Waals surface area (Å²) < 4.78 is 42.1. The number of halogens is 4. The van der Waals surface area contributed by atoms with E-state index in [1.54, 1.807) is 6.92 Å². The Bertz CT molecular complexity index is 1580. The van der Waals surface area contributed by atoms with E-state index in [4.69, 9.17) is 11.6 Å². The largest absolute Gasteiger partial charge is 0.478 e. The molecule has 1 aliphatic heterocycles. The van der Waals surface area contributed by atoms with Gasteiger partial charge in [-0.2, -0.15) is 13.2 Å². The maximum Gasteiger partial charge on any atom is 0.417 e. The van der Waals surface area contributed by atoms with Gasteiger partial charge in [0.1, 0.15) is 11.5 Å². The van der Waals surface area contributed by atoms with Crippen LogP contribution in [0.2, 0.25) is 5.02 Å². The lowest BCUT2D eigenvalue weighted by molar-refractivity contribution is -0.137. The van der Waals surface area contributed by atoms with Gasteiger partial charge in [0, 0.05) is 41.6 Å². The molecule has 0 unspecified atom stereocenters. The number of carboxylic acid groups (broad SMARTS) is 1. The molecule has 0 fully saturated rings. The Hall–Kier alpha value is -4.05. The summed E-state index contributed by atoms with van der Waals surface area (Å²) in [5, 5.41) is 12.7. The number of carbonyl (C=O) groups is 1. The van der Waals surface area contributed by atoms with E-state index in [-0.39, 0.29) is 27.5 Å². The number of pyridine rings is 1. The van der Waals surface area contributed by atoms with Crippen molar-refractivity contribution in [3.8, 4) is 0 Å². The van der Waals surface area contributed by atoms with Crippen LogP contribution in [0.25, 0.3) is 5.65 Å². The highest BCUT2D eigenvalue weighted by Gasteiger charge is 2.33. The minimum absolute atomic E-state index is 0.0392. The summed E-state index contributed by atoms with van der Waals surface area (Å²) in [6.45, 7) is 2.59. The van der Waals surface area contributed by atoms with Crippen molar-refractivity contribution >= 4 is 34.7 Å². The molecular formula is C26H20ClF3N4O3. The van der Waals surface area contributed by atoms with E-state index in [0.29, 0.717) is 18.9 Å². The van der Waals surface area contributed by atoms with Gasteiger partial charge in [-0.1, -0.05) is 35.9 Å². The summed E-state index contributed by atoms with van der Waals surface area (Å²) in [5.41, 5.74) is 0.614. The predicted molar refractivity (Wildman–Crippen MR) is 133 cm³/mol. The van der Waals surface area contributed by atoms with Gasteiger partial charge in [0.15, 0.2) is 0 Å². The lowest BCUT2D eigenvalue weighted by Gasteiger charge is -2.22. The Morgan fingerprint density at radius 2 is 1.78 bits per heavy atom. The van der Waals surface area contributed by atoms with Crippen LogP contribution in [-0.2, 0) is 19.3 Å². The summed E-state index contributed by atoms with van der Waals surface area (Å²) in [6.07, 6.45) is -3.99. The molecule has 0 bridgehead atoms. The van der Waals surface area contributed by atoms with E-state index >= 15 is 0 Å². The standard InChI is InChI=1S/C26H20ClF3N4O3/c1-14(31-21-7-6-18(27)9-20(21)25(36)37)19-8-17(26(28,29)30)13-34-23(35)10-22(32-24(19)34)33-11-15-4-2-3-5-16(15)12-33/h2-10,13-14,31H,11-12H2,1H3,(H,36,37)/t14-/m1/s1. The van der Waals surface area contributed by atoms with Gasteiger partial charge in [-0.25, -0.2) is 9.78 Å². The van der Waals surface area contributed by atoms with Gasteiger partial charge >= 0.3 is 12.1 Å². The Labute approximate surface area is 213 Å². The summed E-state index contributed by atoms with van der Waals surface area (Å²) in [5.74, 6) is -0.913. The number of nitrogens with zero attached hydrogens (tertiary/aromatic N) is 3. The normalized spacial score (nSPS) is 14.0. The van der Waals surface area contributed by atoms with Crippen molar-refractivity contribution in [2.45, 2.75) is 32.2 Å². The van der Waals surface area contributed by atoms with E-state index in [9.17, 15) is 27.9 Å². The predicted octanol–water partition coefficient (Wildman–Crippen LogP) is 5.76. The van der Waals surface area contributed by atoms with Gasteiger partial charge in [0.25, 0.3) is 5.56 Å². The number of anilines is 2. The molecule has 5 rings (SSSR count). The van der Waals surface area contributed by atoms with E-state index in [2.05, 4.69) is 10.3 Å². The van der Waals surface area contributed by atoms with Crippen LogP contribution in [0.3, 0.4) is 0 Å². The van der Waals surface area contributed by atoms with Crippen LogP contribution in [0.5, 0.6) is 0 Å². The highest BCUT2D eigenvalue weighted by Crippen LogP contribution is 2.34. The zero-order chi connectivity index (χ0) is 26.5. The van der Waals surface area contributed by atoms with Crippen LogP contribution >= 0.6 is 11.6 Å². The number of fused-ring (bicyclic) bond motifs is 2. The molecule has 1 aliphatic rings. The molecule has 0 spiro atoms. The summed E-state index contributed by atoms with van der Waals surface area (Å²) >= 11 is 5.93. The number of rotatable bonds is 5. The fraction of sp³-hybridized carbons (Fsp3) is 0.192. The second-order valence-electron chi connectivity index (χ2n) is 8.81. The molecule has 0 saturated carbocycles. The fourth-order valence-electron chi connectivity index (χ4n) is 4.48. The maximum atomic E-state index is 13.8. The number of hydrogen-bond donors (Lipinski definition) is 2. The highest BCUT2D eigenvalue weighted by atomic mass is 35.5. The van der Waals surface area contributed by atoms with Crippen LogP contribution in [0.4, 0.5) is 24.7 Å². The van der Waals surface area contributed by atoms with E-state index in [1.807, 2.05) is 29.2 Å². The molecule has 4 aromatic rings. The fourth-order valence-corrected chi connectivity index (χ4v) is 4.65. The van der Waals surface area contributed by atoms with E-state index in [0.717, 1.165) is 27.8 Å². The van der Waals surface area contributed by atoms with Crippen molar-refractivity contribution in [3.05, 3.63) is 104 Å². The van der Waals surface area contributed by atoms with Crippen molar-refractivity contribution in [2.75, 3.05) is 10.2 Å². The Balaban J connectivity index is 1.63. The maximum absolute atomic E-state index is 13.8. The lowest BCUT2D eigenvalue weighted by atomic mass is 10.1. The van der Waals surface area contributed by atoms with Crippen LogP contribution in [-0.4, -0.2) is 20.5 Å². The molecule has 0 amide bonds. The Kier molecular flexibility index (Phi) is 6.07. The zero-order valence-corrected chi connectivity index (χ0v) is 20.1. The van der Waals surface area contributed by atoms with Gasteiger partial charge < -0.3 is 15.3 Å². The Morgan fingerprint density at radius 3 is 2.41 bits per heavy atom. The monoisotopic (exact) mass is 528 g/mol. The molecule has 2 aromatic carbocycles. The molecule has 0 saturated heterocycles. The third-order valence-corrected chi connectivity index (χ3v) is 6.55. The highest BCUT2D eigenvalue weighted by molar-refractivity contribution is 6.31. The number of carboxylic acids is 1. The summed E-state index contributed by atoms with van der Waals surface area (Å²) in [4.78, 5) is 31.2. The van der Waals surface area contributed by atoms with Gasteiger partial charge in [-0.3, -0.25) is 9.20 Å². The van der Waals surface area contributed by atoms with Crippen LogP contribution in [0.1, 0.15) is 45.6 Å². The minimum atomic E-state index is -4.72. The first-order chi connectivity index (χ1) is 17.5. The molecule has 11 heteroatoms. The molecule has 2 N–H and O–H groups in total. The van der Waals surface area contributed by atoms with E-state index < -0.39 is 29.3 Å². The van der Waals surface area contributed by atoms with Gasteiger partial charge in [-0.15, -0.1) is 0 Å². The topological polar surface area (TPSA) is 86.9 Å². The van der Waals surface area contributed by atoms with Gasteiger partial charge in [-0.05, 0) is 42.3 Å². The number of benzene rings is 2. The average molecular weight is 529 g/mol. The zero-order valence-electron chi connectivity index (χ0n) is 19.4. The Morgan fingerprint density at radius 1 is 1.11 bits per heavy atom. The molecule has 7 nitrogen and oxygen atoms in total. The summed E-state index contributed by atoms with van der Waals surface area (Å²) in [6, 6.07) is 13.2. The number of aromatic nitrogens is 2. The molecule has 3 heterocycles. The third kappa shape index (κ3) is 4.72. The van der Waals surface area contributed by atoms with Gasteiger partial charge in [0.2, 0.25) is 0 Å². The van der Waals surface area contributed by atoms with Crippen LogP contribution in [0.15, 0.2) is 65.6 Å². The molecule has 190 valence electrons. The third-order valence-electron chi connectivity index (χ3n) is 6.32. The van der Waals surface area contributed by atoms with Crippen LogP contribution < -0.4 is 15.8 Å². The second-order valence-corrected chi connectivity index (χ2v) is 9.25. The smallest absolute Gasteiger partial charge is 0.417 e. The average Bonchev–Trinajstić information content (AvgIpc) is 3.28. The molecule has 2 aromatic heterocycles. The number of hydrogen-bond acceptors (Lipinski definition) is 5. The van der Waals surface area contributed by atoms with Crippen LogP contribution in [0, 0.1) is 0 Å². The molecule has 0 radical (unpaired) electrons. The minimum Gasteiger partial charge on any atom is -0.478 e. The first-order valence-electron chi connectivity index (χ1n) is 11.3. The first kappa shape index (κ1) is 24.6. The number of aromatic carboxylic acids is 1. The second kappa shape index (κ2) is 9.11. The van der Waals surface area contributed by atoms with Crippen molar-refractivity contribution in [1.29, 1.82) is 0 Å². The van der Waals surface area contributed by atoms with E-state index in [1.165, 1.54) is 24.3 Å². The van der Waals surface area contributed by atoms with Crippen molar-refractivity contribution in [1.82, 2.24) is 9.38 Å². The van der Waals surface area contributed by atoms with Crippen molar-refractivity contribution < 1.29 is 23.1 Å². The number of nitrogens with one attached hydrogen (secondary N) is 1.